The Balaban J connectivity index is 2.66. The Hall–Kier alpha value is -2.37. The standard InChI is InChI=1S/C12H15N5O/c1-7-4-9(13)5-8(2)10(7)17-6-15-11(14-3)16-12(17)18/h4-6H,13H2,1-3H3,(H,14,16,18). The molecule has 1 aromatic heterocycles. The SMILES string of the molecule is CNc1ncn(-c2c(C)cc(N)cc2C)c(=O)n1. The van der Waals surface area contributed by atoms with Gasteiger partial charge in [0.15, 0.2) is 0 Å². The second-order valence-electron chi connectivity index (χ2n) is 4.09. The van der Waals surface area contributed by atoms with Crippen molar-refractivity contribution in [1.29, 1.82) is 0 Å². The minimum Gasteiger partial charge on any atom is -0.399 e. The molecule has 0 radical (unpaired) electrons. The van der Waals surface area contributed by atoms with Crippen LogP contribution >= 0.6 is 0 Å². The number of nitrogens with two attached hydrogens (primary N) is 1. The zero-order valence-electron chi connectivity index (χ0n) is 10.6. The van der Waals surface area contributed by atoms with E-state index in [2.05, 4.69) is 15.3 Å². The largest absolute Gasteiger partial charge is 0.399 e. The van der Waals surface area contributed by atoms with Gasteiger partial charge < -0.3 is 11.1 Å². The summed E-state index contributed by atoms with van der Waals surface area (Å²) in [5.41, 5.74) is 8.67. The monoisotopic (exact) mass is 245 g/mol. The lowest BCUT2D eigenvalue weighted by molar-refractivity contribution is 0.851. The Bertz CT molecular complexity index is 624. The van der Waals surface area contributed by atoms with E-state index in [1.807, 2.05) is 26.0 Å². The third kappa shape index (κ3) is 2.04. The molecule has 0 atom stereocenters. The fourth-order valence-corrected chi connectivity index (χ4v) is 1.98. The number of rotatable bonds is 2. The second-order valence-corrected chi connectivity index (χ2v) is 4.09. The molecular formula is C12H15N5O. The van der Waals surface area contributed by atoms with Gasteiger partial charge in [-0.2, -0.15) is 4.98 Å². The smallest absolute Gasteiger partial charge is 0.356 e. The molecule has 0 spiro atoms. The van der Waals surface area contributed by atoms with E-state index in [-0.39, 0.29) is 5.69 Å². The van der Waals surface area contributed by atoms with Gasteiger partial charge in [0.25, 0.3) is 0 Å². The average molecular weight is 245 g/mol. The highest BCUT2D eigenvalue weighted by atomic mass is 16.1. The molecule has 6 nitrogen and oxygen atoms in total. The Morgan fingerprint density at radius 1 is 1.28 bits per heavy atom. The molecule has 0 unspecified atom stereocenters. The highest BCUT2D eigenvalue weighted by molar-refractivity contribution is 5.56. The zero-order valence-corrected chi connectivity index (χ0v) is 10.6. The van der Waals surface area contributed by atoms with Gasteiger partial charge in [0.2, 0.25) is 5.95 Å². The summed E-state index contributed by atoms with van der Waals surface area (Å²) in [6.45, 7) is 3.80. The first-order chi connectivity index (χ1) is 8.52. The van der Waals surface area contributed by atoms with Crippen LogP contribution in [0.4, 0.5) is 11.6 Å². The van der Waals surface area contributed by atoms with Crippen molar-refractivity contribution in [2.75, 3.05) is 18.1 Å². The van der Waals surface area contributed by atoms with Crippen molar-refractivity contribution >= 4 is 11.6 Å². The Morgan fingerprint density at radius 3 is 2.39 bits per heavy atom. The van der Waals surface area contributed by atoms with Crippen molar-refractivity contribution in [2.24, 2.45) is 0 Å². The van der Waals surface area contributed by atoms with E-state index in [0.29, 0.717) is 11.6 Å². The Morgan fingerprint density at radius 2 is 1.89 bits per heavy atom. The third-order valence-electron chi connectivity index (χ3n) is 2.68. The van der Waals surface area contributed by atoms with Gasteiger partial charge in [-0.3, -0.25) is 4.57 Å². The summed E-state index contributed by atoms with van der Waals surface area (Å²) >= 11 is 0. The second kappa shape index (κ2) is 4.48. The van der Waals surface area contributed by atoms with Gasteiger partial charge in [-0.15, -0.1) is 0 Å². The summed E-state index contributed by atoms with van der Waals surface area (Å²) in [6.07, 6.45) is 1.46. The number of nitrogen functional groups attached to an aromatic ring is 1. The van der Waals surface area contributed by atoms with Crippen LogP contribution in [0.3, 0.4) is 0 Å². The van der Waals surface area contributed by atoms with E-state index in [9.17, 15) is 4.79 Å². The minimum atomic E-state index is -0.370. The van der Waals surface area contributed by atoms with Crippen LogP contribution in [0.2, 0.25) is 0 Å². The normalized spacial score (nSPS) is 10.4. The molecule has 3 N–H and O–H groups in total. The molecule has 0 amide bonds. The number of nitrogens with one attached hydrogen (secondary N) is 1. The van der Waals surface area contributed by atoms with Crippen molar-refractivity contribution in [3.05, 3.63) is 40.1 Å². The van der Waals surface area contributed by atoms with Crippen molar-refractivity contribution in [2.45, 2.75) is 13.8 Å². The number of aromatic nitrogens is 3. The number of hydrogen-bond acceptors (Lipinski definition) is 5. The lowest BCUT2D eigenvalue weighted by Crippen LogP contribution is -2.24. The fourth-order valence-electron chi connectivity index (χ4n) is 1.98. The topological polar surface area (TPSA) is 85.8 Å². The van der Waals surface area contributed by atoms with Gasteiger partial charge >= 0.3 is 5.69 Å². The van der Waals surface area contributed by atoms with Crippen LogP contribution in [0.5, 0.6) is 0 Å². The summed E-state index contributed by atoms with van der Waals surface area (Å²) in [7, 11) is 1.67. The number of hydrogen-bond donors (Lipinski definition) is 2. The van der Waals surface area contributed by atoms with Crippen molar-refractivity contribution < 1.29 is 0 Å². The maximum atomic E-state index is 11.9. The molecule has 0 aliphatic carbocycles. The molecule has 0 saturated heterocycles. The molecule has 1 aromatic carbocycles. The van der Waals surface area contributed by atoms with Gasteiger partial charge in [-0.1, -0.05) is 0 Å². The van der Waals surface area contributed by atoms with Gasteiger partial charge in [-0.05, 0) is 37.1 Å². The Kier molecular flexibility index (Phi) is 3.01. The summed E-state index contributed by atoms with van der Waals surface area (Å²) < 4.78 is 1.42. The summed E-state index contributed by atoms with van der Waals surface area (Å²) in [5.74, 6) is 0.307. The van der Waals surface area contributed by atoms with Crippen molar-refractivity contribution in [1.82, 2.24) is 14.5 Å². The van der Waals surface area contributed by atoms with Crippen molar-refractivity contribution in [3.8, 4) is 5.69 Å². The van der Waals surface area contributed by atoms with E-state index in [4.69, 9.17) is 5.73 Å². The quantitative estimate of drug-likeness (QED) is 0.767. The predicted molar refractivity (Wildman–Crippen MR) is 71.1 cm³/mol. The van der Waals surface area contributed by atoms with Gasteiger partial charge in [-0.25, -0.2) is 9.78 Å². The summed E-state index contributed by atoms with van der Waals surface area (Å²) in [6, 6.07) is 3.64. The average Bonchev–Trinajstić information content (AvgIpc) is 2.29. The first-order valence-corrected chi connectivity index (χ1v) is 5.53. The van der Waals surface area contributed by atoms with Crippen LogP contribution < -0.4 is 16.7 Å². The molecule has 1 heterocycles. The lowest BCUT2D eigenvalue weighted by Gasteiger charge is -2.12. The first-order valence-electron chi connectivity index (χ1n) is 5.53. The number of benzene rings is 1. The predicted octanol–water partition coefficient (Wildman–Crippen LogP) is 0.868. The van der Waals surface area contributed by atoms with Crippen LogP contribution in [-0.4, -0.2) is 21.6 Å². The van der Waals surface area contributed by atoms with E-state index in [1.54, 1.807) is 7.05 Å². The number of anilines is 2. The fraction of sp³-hybridized carbons (Fsp3) is 0.250. The van der Waals surface area contributed by atoms with Crippen LogP contribution in [0.15, 0.2) is 23.3 Å². The molecule has 2 rings (SSSR count). The lowest BCUT2D eigenvalue weighted by atomic mass is 10.1. The molecule has 6 heteroatoms. The van der Waals surface area contributed by atoms with Gasteiger partial charge in [0, 0.05) is 12.7 Å². The summed E-state index contributed by atoms with van der Waals surface area (Å²) in [4.78, 5) is 19.8. The minimum absolute atomic E-state index is 0.307. The highest BCUT2D eigenvalue weighted by Crippen LogP contribution is 2.20. The van der Waals surface area contributed by atoms with Crippen LogP contribution in [-0.2, 0) is 0 Å². The van der Waals surface area contributed by atoms with E-state index >= 15 is 0 Å². The van der Waals surface area contributed by atoms with E-state index in [1.165, 1.54) is 10.9 Å². The number of aryl methyl sites for hydroxylation is 2. The molecule has 18 heavy (non-hydrogen) atoms. The van der Waals surface area contributed by atoms with E-state index in [0.717, 1.165) is 16.8 Å². The summed E-state index contributed by atoms with van der Waals surface area (Å²) in [5, 5.41) is 2.73. The molecule has 94 valence electrons. The molecule has 0 aliphatic heterocycles. The van der Waals surface area contributed by atoms with Gasteiger partial charge in [0.05, 0.1) is 5.69 Å². The van der Waals surface area contributed by atoms with Crippen molar-refractivity contribution in [3.63, 3.8) is 0 Å². The molecule has 0 bridgehead atoms. The maximum Gasteiger partial charge on any atom is 0.356 e. The highest BCUT2D eigenvalue weighted by Gasteiger charge is 2.09. The molecule has 0 aliphatic rings. The molecular weight excluding hydrogens is 230 g/mol. The van der Waals surface area contributed by atoms with Gasteiger partial charge in [0.1, 0.15) is 6.33 Å². The van der Waals surface area contributed by atoms with E-state index < -0.39 is 0 Å². The first kappa shape index (κ1) is 12.1. The maximum absolute atomic E-state index is 11.9. The van der Waals surface area contributed by atoms with Crippen LogP contribution in [0.25, 0.3) is 5.69 Å². The zero-order chi connectivity index (χ0) is 13.3. The molecule has 2 aromatic rings. The molecule has 0 saturated carbocycles. The van der Waals surface area contributed by atoms with Crippen LogP contribution in [0, 0.1) is 13.8 Å². The third-order valence-corrected chi connectivity index (χ3v) is 2.68. The van der Waals surface area contributed by atoms with Crippen LogP contribution in [0.1, 0.15) is 11.1 Å². The number of nitrogens with zero attached hydrogens (tertiary/aromatic N) is 3. The Labute approximate surface area is 105 Å². The molecule has 0 fully saturated rings.